The maximum absolute atomic E-state index is 13.8. The summed E-state index contributed by atoms with van der Waals surface area (Å²) < 4.78 is 1.85. The molecule has 0 fully saturated rings. The van der Waals surface area contributed by atoms with E-state index in [2.05, 4.69) is 45.9 Å². The van der Waals surface area contributed by atoms with Crippen LogP contribution in [0.25, 0.3) is 11.0 Å². The minimum Gasteiger partial charge on any atom is -0.309 e. The van der Waals surface area contributed by atoms with Crippen LogP contribution in [0, 0.1) is 0 Å². The van der Waals surface area contributed by atoms with E-state index in [1.165, 1.54) is 17.5 Å². The Balaban J connectivity index is 1.62. The van der Waals surface area contributed by atoms with Gasteiger partial charge < -0.3 is 4.90 Å². The second-order valence-corrected chi connectivity index (χ2v) is 8.91. The average Bonchev–Trinajstić information content (AvgIpc) is 2.79. The van der Waals surface area contributed by atoms with Gasteiger partial charge in [0.05, 0.1) is 18.7 Å². The fourth-order valence-corrected chi connectivity index (χ4v) is 4.78. The maximum atomic E-state index is 13.8. The molecule has 0 radical (unpaired) electrons. The van der Waals surface area contributed by atoms with E-state index in [1.807, 2.05) is 29.0 Å². The SMILES string of the molecule is CN(C)CCCN1CN(c2ccccc2)c2nc3ncc4c(c3c(=O)n2C1)CCCC4. The van der Waals surface area contributed by atoms with E-state index in [0.29, 0.717) is 24.9 Å². The highest BCUT2D eigenvalue weighted by Gasteiger charge is 2.28. The molecule has 162 valence electrons. The summed E-state index contributed by atoms with van der Waals surface area (Å²) in [5.74, 6) is 0.691. The summed E-state index contributed by atoms with van der Waals surface area (Å²) in [7, 11) is 4.19. The highest BCUT2D eigenvalue weighted by atomic mass is 16.1. The molecule has 7 nitrogen and oxygen atoms in total. The van der Waals surface area contributed by atoms with Crippen LogP contribution < -0.4 is 10.5 Å². The first-order valence-electron chi connectivity index (χ1n) is 11.2. The molecule has 1 aromatic carbocycles. The van der Waals surface area contributed by atoms with Crippen LogP contribution in [0.2, 0.25) is 0 Å². The molecule has 0 bridgehead atoms. The van der Waals surface area contributed by atoms with Gasteiger partial charge in [0.25, 0.3) is 5.56 Å². The summed E-state index contributed by atoms with van der Waals surface area (Å²) in [6, 6.07) is 10.2. The van der Waals surface area contributed by atoms with Crippen LogP contribution in [0.1, 0.15) is 30.4 Å². The molecule has 2 aliphatic rings. The Hall–Kier alpha value is -2.77. The van der Waals surface area contributed by atoms with Crippen molar-refractivity contribution < 1.29 is 0 Å². The lowest BCUT2D eigenvalue weighted by molar-refractivity contribution is 0.190. The number of aromatic nitrogens is 3. The summed E-state index contributed by atoms with van der Waals surface area (Å²) >= 11 is 0. The number of aryl methyl sites for hydroxylation is 2. The summed E-state index contributed by atoms with van der Waals surface area (Å²) in [4.78, 5) is 30.0. The van der Waals surface area contributed by atoms with E-state index in [1.54, 1.807) is 0 Å². The second-order valence-electron chi connectivity index (χ2n) is 8.91. The lowest BCUT2D eigenvalue weighted by Crippen LogP contribution is -2.48. The number of para-hydroxylation sites is 1. The van der Waals surface area contributed by atoms with E-state index in [4.69, 9.17) is 4.98 Å². The smallest absolute Gasteiger partial charge is 0.265 e. The molecule has 3 heterocycles. The van der Waals surface area contributed by atoms with Gasteiger partial charge in [-0.1, -0.05) is 18.2 Å². The quantitative estimate of drug-likeness (QED) is 0.635. The lowest BCUT2D eigenvalue weighted by Gasteiger charge is -2.38. The average molecular weight is 419 g/mol. The van der Waals surface area contributed by atoms with Gasteiger partial charge in [-0.3, -0.25) is 19.2 Å². The topological polar surface area (TPSA) is 57.5 Å². The molecule has 2 aromatic heterocycles. The molecule has 1 aliphatic carbocycles. The molecule has 0 amide bonds. The summed E-state index contributed by atoms with van der Waals surface area (Å²) in [5.41, 5.74) is 4.05. The van der Waals surface area contributed by atoms with Crippen molar-refractivity contribution in [3.05, 3.63) is 58.0 Å². The van der Waals surface area contributed by atoms with Gasteiger partial charge in [-0.2, -0.15) is 4.98 Å². The molecule has 0 spiro atoms. The van der Waals surface area contributed by atoms with Crippen LogP contribution in [-0.4, -0.2) is 58.2 Å². The van der Waals surface area contributed by atoms with Crippen molar-refractivity contribution in [3.63, 3.8) is 0 Å². The summed E-state index contributed by atoms with van der Waals surface area (Å²) in [6.45, 7) is 3.23. The van der Waals surface area contributed by atoms with Crippen molar-refractivity contribution >= 4 is 22.7 Å². The van der Waals surface area contributed by atoms with Crippen LogP contribution in [0.5, 0.6) is 0 Å². The Labute approximate surface area is 182 Å². The van der Waals surface area contributed by atoms with E-state index in [-0.39, 0.29) is 5.56 Å². The fraction of sp³-hybridized carbons (Fsp3) is 0.458. The Morgan fingerprint density at radius 2 is 1.87 bits per heavy atom. The molecular weight excluding hydrogens is 388 g/mol. The van der Waals surface area contributed by atoms with Crippen molar-refractivity contribution in [1.29, 1.82) is 0 Å². The lowest BCUT2D eigenvalue weighted by atomic mass is 9.91. The Morgan fingerprint density at radius 3 is 2.68 bits per heavy atom. The van der Waals surface area contributed by atoms with E-state index in [0.717, 1.165) is 49.8 Å². The molecule has 0 saturated heterocycles. The van der Waals surface area contributed by atoms with Crippen molar-refractivity contribution in [1.82, 2.24) is 24.3 Å². The minimum absolute atomic E-state index is 0.0458. The number of rotatable bonds is 5. The van der Waals surface area contributed by atoms with Gasteiger partial charge in [0, 0.05) is 18.4 Å². The zero-order valence-electron chi connectivity index (χ0n) is 18.4. The zero-order chi connectivity index (χ0) is 21.4. The van der Waals surface area contributed by atoms with Gasteiger partial charge in [0.1, 0.15) is 0 Å². The molecular formula is C24H30N6O. The first-order valence-corrected chi connectivity index (χ1v) is 11.2. The third kappa shape index (κ3) is 3.83. The van der Waals surface area contributed by atoms with Crippen LogP contribution in [0.4, 0.5) is 11.6 Å². The summed E-state index contributed by atoms with van der Waals surface area (Å²) in [5, 5.41) is 0.726. The largest absolute Gasteiger partial charge is 0.309 e. The molecule has 0 N–H and O–H groups in total. The Morgan fingerprint density at radius 1 is 1.06 bits per heavy atom. The first-order chi connectivity index (χ1) is 15.1. The highest BCUT2D eigenvalue weighted by Crippen LogP contribution is 2.30. The normalized spacial score (nSPS) is 16.5. The van der Waals surface area contributed by atoms with Gasteiger partial charge in [-0.25, -0.2) is 4.98 Å². The van der Waals surface area contributed by atoms with E-state index in [9.17, 15) is 4.79 Å². The number of pyridine rings is 1. The summed E-state index contributed by atoms with van der Waals surface area (Å²) in [6.07, 6.45) is 7.23. The van der Waals surface area contributed by atoms with E-state index >= 15 is 0 Å². The number of fused-ring (bicyclic) bond motifs is 4. The Bertz CT molecular complexity index is 1140. The number of benzene rings is 1. The predicted molar refractivity (Wildman–Crippen MR) is 124 cm³/mol. The predicted octanol–water partition coefficient (Wildman–Crippen LogP) is 2.99. The van der Waals surface area contributed by atoms with Gasteiger partial charge in [0.2, 0.25) is 5.95 Å². The number of hydrogen-bond donors (Lipinski definition) is 0. The number of nitrogens with zero attached hydrogens (tertiary/aromatic N) is 6. The fourth-order valence-electron chi connectivity index (χ4n) is 4.78. The van der Waals surface area contributed by atoms with Crippen LogP contribution in [0.3, 0.4) is 0 Å². The molecule has 0 atom stereocenters. The maximum Gasteiger partial charge on any atom is 0.265 e. The third-order valence-corrected chi connectivity index (χ3v) is 6.36. The van der Waals surface area contributed by atoms with E-state index < -0.39 is 0 Å². The molecule has 5 rings (SSSR count). The first kappa shape index (κ1) is 20.2. The van der Waals surface area contributed by atoms with Crippen LogP contribution in [0.15, 0.2) is 41.3 Å². The van der Waals surface area contributed by atoms with Crippen molar-refractivity contribution in [2.24, 2.45) is 0 Å². The highest BCUT2D eigenvalue weighted by molar-refractivity contribution is 5.81. The van der Waals surface area contributed by atoms with Crippen molar-refractivity contribution in [3.8, 4) is 0 Å². The van der Waals surface area contributed by atoms with Crippen molar-refractivity contribution in [2.45, 2.75) is 38.8 Å². The molecule has 3 aromatic rings. The van der Waals surface area contributed by atoms with Crippen LogP contribution >= 0.6 is 0 Å². The molecule has 0 unspecified atom stereocenters. The van der Waals surface area contributed by atoms with Gasteiger partial charge in [0.15, 0.2) is 5.65 Å². The van der Waals surface area contributed by atoms with Gasteiger partial charge >= 0.3 is 0 Å². The van der Waals surface area contributed by atoms with Gasteiger partial charge in [-0.15, -0.1) is 0 Å². The third-order valence-electron chi connectivity index (χ3n) is 6.36. The second kappa shape index (κ2) is 8.40. The van der Waals surface area contributed by atoms with Crippen molar-refractivity contribution in [2.75, 3.05) is 38.8 Å². The monoisotopic (exact) mass is 418 g/mol. The van der Waals surface area contributed by atoms with Gasteiger partial charge in [-0.05, 0) is 76.0 Å². The Kier molecular flexibility index (Phi) is 5.46. The molecule has 7 heteroatoms. The molecule has 1 aliphatic heterocycles. The number of anilines is 2. The molecule has 31 heavy (non-hydrogen) atoms. The zero-order valence-corrected chi connectivity index (χ0v) is 18.4. The number of hydrogen-bond acceptors (Lipinski definition) is 6. The standard InChI is InChI=1S/C24H30N6O/c1-27(2)13-8-14-28-16-29(19-10-4-3-5-11-19)24-26-22-21(23(31)30(24)17-28)20-12-7-6-9-18(20)15-25-22/h3-5,10-11,15H,6-9,12-14,16-17H2,1-2H3. The van der Waals surface area contributed by atoms with Crippen LogP contribution in [-0.2, 0) is 19.5 Å². The molecule has 0 saturated carbocycles. The minimum atomic E-state index is 0.0458.